The lowest BCUT2D eigenvalue weighted by atomic mass is 10.1. The Morgan fingerprint density at radius 2 is 1.52 bits per heavy atom. The molecule has 1 N–H and O–H groups in total. The molecule has 4 heteroatoms. The van der Waals surface area contributed by atoms with Crippen molar-refractivity contribution in [2.75, 3.05) is 6.54 Å². The van der Waals surface area contributed by atoms with Gasteiger partial charge in [-0.25, -0.2) is 0 Å². The van der Waals surface area contributed by atoms with E-state index in [0.717, 1.165) is 12.8 Å². The van der Waals surface area contributed by atoms with Crippen molar-refractivity contribution in [3.8, 4) is 0 Å². The molecule has 0 saturated carbocycles. The van der Waals surface area contributed by atoms with Crippen LogP contribution in [0.15, 0.2) is 30.3 Å². The summed E-state index contributed by atoms with van der Waals surface area (Å²) in [6.45, 7) is 2.22. The Bertz CT molecular complexity index is 445. The van der Waals surface area contributed by atoms with Gasteiger partial charge in [0.05, 0.1) is 6.54 Å². The number of carbonyl (C=O) groups is 2. The maximum absolute atomic E-state index is 11.8. The average Bonchev–Trinajstić information content (AvgIpc) is 2.58. The summed E-state index contributed by atoms with van der Waals surface area (Å²) in [6, 6.07) is 8.95. The summed E-state index contributed by atoms with van der Waals surface area (Å²) in [5, 5.41) is 0. The molecular formula is C19H29NO3. The van der Waals surface area contributed by atoms with Crippen LogP contribution >= 0.6 is 0 Å². The summed E-state index contributed by atoms with van der Waals surface area (Å²) < 4.78 is 0. The Kier molecular flexibility index (Phi) is 10.8. The van der Waals surface area contributed by atoms with E-state index in [1.54, 1.807) is 12.1 Å². The molecule has 1 aromatic rings. The monoisotopic (exact) mass is 319 g/mol. The van der Waals surface area contributed by atoms with Crippen LogP contribution in [-0.4, -0.2) is 18.3 Å². The van der Waals surface area contributed by atoms with Gasteiger partial charge in [0.25, 0.3) is 0 Å². The van der Waals surface area contributed by atoms with Crippen LogP contribution < -0.4 is 5.48 Å². The van der Waals surface area contributed by atoms with Gasteiger partial charge in [-0.2, -0.15) is 0 Å². The summed E-state index contributed by atoms with van der Waals surface area (Å²) in [7, 11) is 0. The van der Waals surface area contributed by atoms with Gasteiger partial charge in [0.1, 0.15) is 0 Å². The first-order valence-corrected chi connectivity index (χ1v) is 8.74. The summed E-state index contributed by atoms with van der Waals surface area (Å²) in [5.74, 6) is -0.387. The van der Waals surface area contributed by atoms with E-state index in [2.05, 4.69) is 12.4 Å². The van der Waals surface area contributed by atoms with Crippen molar-refractivity contribution in [2.24, 2.45) is 0 Å². The first-order chi connectivity index (χ1) is 11.2. The predicted octanol–water partition coefficient (Wildman–Crippen LogP) is 4.45. The van der Waals surface area contributed by atoms with Gasteiger partial charge >= 0.3 is 5.97 Å². The Morgan fingerprint density at radius 1 is 0.913 bits per heavy atom. The molecule has 23 heavy (non-hydrogen) atoms. The van der Waals surface area contributed by atoms with E-state index in [1.165, 1.54) is 38.5 Å². The normalized spacial score (nSPS) is 10.5. The van der Waals surface area contributed by atoms with E-state index in [9.17, 15) is 9.59 Å². The maximum Gasteiger partial charge on any atom is 0.324 e. The van der Waals surface area contributed by atoms with Gasteiger partial charge < -0.3 is 4.84 Å². The largest absolute Gasteiger partial charge is 0.370 e. The molecule has 0 heterocycles. The molecule has 0 aliphatic rings. The molecule has 0 aliphatic heterocycles. The van der Waals surface area contributed by atoms with Crippen LogP contribution in [0.1, 0.15) is 75.1 Å². The molecule has 1 aromatic carbocycles. The molecule has 0 saturated heterocycles. The third-order valence-electron chi connectivity index (χ3n) is 3.75. The average molecular weight is 319 g/mol. The predicted molar refractivity (Wildman–Crippen MR) is 92.1 cm³/mol. The molecule has 0 amide bonds. The lowest BCUT2D eigenvalue weighted by Crippen LogP contribution is -2.26. The number of nitrogens with one attached hydrogen (secondary N) is 1. The Balaban J connectivity index is 1.97. The smallest absolute Gasteiger partial charge is 0.324 e. The van der Waals surface area contributed by atoms with Crippen LogP contribution in [0.5, 0.6) is 0 Å². The van der Waals surface area contributed by atoms with Gasteiger partial charge in [-0.3, -0.25) is 9.59 Å². The van der Waals surface area contributed by atoms with Gasteiger partial charge in [-0.05, 0) is 6.42 Å². The fourth-order valence-electron chi connectivity index (χ4n) is 2.36. The van der Waals surface area contributed by atoms with Crippen LogP contribution in [0.2, 0.25) is 0 Å². The van der Waals surface area contributed by atoms with Crippen molar-refractivity contribution >= 4 is 11.8 Å². The standard InChI is InChI=1S/C19H29NO3/c1-2-3-4-5-6-7-8-12-15-19(22)23-20-16-18(21)17-13-10-9-11-14-17/h9-11,13-14,20H,2-8,12,15-16H2,1H3. The summed E-state index contributed by atoms with van der Waals surface area (Å²) in [4.78, 5) is 28.2. The molecule has 0 aromatic heterocycles. The molecule has 0 radical (unpaired) electrons. The molecule has 0 unspecified atom stereocenters. The van der Waals surface area contributed by atoms with Gasteiger partial charge in [-0.1, -0.05) is 82.2 Å². The third-order valence-corrected chi connectivity index (χ3v) is 3.75. The van der Waals surface area contributed by atoms with Crippen LogP contribution in [-0.2, 0) is 9.63 Å². The van der Waals surface area contributed by atoms with E-state index >= 15 is 0 Å². The highest BCUT2D eigenvalue weighted by molar-refractivity contribution is 5.97. The molecule has 0 fully saturated rings. The molecule has 0 bridgehead atoms. The van der Waals surface area contributed by atoms with Crippen molar-refractivity contribution in [1.29, 1.82) is 0 Å². The fraction of sp³-hybridized carbons (Fsp3) is 0.579. The van der Waals surface area contributed by atoms with Gasteiger partial charge in [0.2, 0.25) is 0 Å². The minimum absolute atomic E-state index is 0.00712. The first kappa shape index (κ1) is 19.4. The zero-order valence-electron chi connectivity index (χ0n) is 14.2. The number of carbonyl (C=O) groups excluding carboxylic acids is 2. The zero-order chi connectivity index (χ0) is 16.8. The highest BCUT2D eigenvalue weighted by atomic mass is 16.7. The molecule has 1 rings (SSSR count). The van der Waals surface area contributed by atoms with E-state index in [4.69, 9.17) is 4.84 Å². The number of Topliss-reactive ketones (excluding diaryl/α,β-unsaturated/α-hetero) is 1. The Hall–Kier alpha value is -1.68. The molecular weight excluding hydrogens is 290 g/mol. The first-order valence-electron chi connectivity index (χ1n) is 8.74. The van der Waals surface area contributed by atoms with Crippen LogP contribution in [0.25, 0.3) is 0 Å². The van der Waals surface area contributed by atoms with Crippen LogP contribution in [0.4, 0.5) is 0 Å². The van der Waals surface area contributed by atoms with Crippen molar-refractivity contribution in [2.45, 2.75) is 64.7 Å². The van der Waals surface area contributed by atoms with Gasteiger partial charge in [0.15, 0.2) is 5.78 Å². The molecule has 0 atom stereocenters. The summed E-state index contributed by atoms with van der Waals surface area (Å²) in [5.41, 5.74) is 3.07. The summed E-state index contributed by atoms with van der Waals surface area (Å²) >= 11 is 0. The van der Waals surface area contributed by atoms with E-state index < -0.39 is 0 Å². The van der Waals surface area contributed by atoms with E-state index in [-0.39, 0.29) is 18.3 Å². The number of benzene rings is 1. The highest BCUT2D eigenvalue weighted by Crippen LogP contribution is 2.09. The SMILES string of the molecule is CCCCCCCCCCC(=O)ONCC(=O)c1ccccc1. The second kappa shape index (κ2) is 12.8. The second-order valence-electron chi connectivity index (χ2n) is 5.81. The zero-order valence-corrected chi connectivity index (χ0v) is 14.2. The maximum atomic E-state index is 11.8. The molecule has 0 spiro atoms. The molecule has 128 valence electrons. The number of rotatable bonds is 13. The highest BCUT2D eigenvalue weighted by Gasteiger charge is 2.07. The van der Waals surface area contributed by atoms with Crippen molar-refractivity contribution < 1.29 is 14.4 Å². The van der Waals surface area contributed by atoms with E-state index in [1.807, 2.05) is 18.2 Å². The summed E-state index contributed by atoms with van der Waals surface area (Å²) in [6.07, 6.45) is 9.94. The van der Waals surface area contributed by atoms with Crippen LogP contribution in [0.3, 0.4) is 0 Å². The number of hydroxylamine groups is 1. The van der Waals surface area contributed by atoms with Gasteiger partial charge in [0, 0.05) is 12.0 Å². The fourth-order valence-corrected chi connectivity index (χ4v) is 2.36. The minimum atomic E-state index is -0.295. The second-order valence-corrected chi connectivity index (χ2v) is 5.81. The number of hydrogen-bond donors (Lipinski definition) is 1. The van der Waals surface area contributed by atoms with Crippen molar-refractivity contribution in [3.63, 3.8) is 0 Å². The molecule has 4 nitrogen and oxygen atoms in total. The van der Waals surface area contributed by atoms with E-state index in [0.29, 0.717) is 12.0 Å². The lowest BCUT2D eigenvalue weighted by Gasteiger charge is -2.05. The number of ketones is 1. The quantitative estimate of drug-likeness (QED) is 0.331. The number of unbranched alkanes of at least 4 members (excludes halogenated alkanes) is 7. The van der Waals surface area contributed by atoms with Crippen molar-refractivity contribution in [1.82, 2.24) is 5.48 Å². The third kappa shape index (κ3) is 9.84. The van der Waals surface area contributed by atoms with Gasteiger partial charge in [-0.15, -0.1) is 5.48 Å². The Labute approximate surface area is 139 Å². The Morgan fingerprint density at radius 3 is 2.17 bits per heavy atom. The van der Waals surface area contributed by atoms with Crippen LogP contribution in [0, 0.1) is 0 Å². The van der Waals surface area contributed by atoms with Crippen molar-refractivity contribution in [3.05, 3.63) is 35.9 Å². The lowest BCUT2D eigenvalue weighted by molar-refractivity contribution is -0.150. The molecule has 0 aliphatic carbocycles. The number of hydrogen-bond acceptors (Lipinski definition) is 4. The topological polar surface area (TPSA) is 55.4 Å². The minimum Gasteiger partial charge on any atom is -0.370 e.